The second-order valence-electron chi connectivity index (χ2n) is 11.0. The largest absolute Gasteiger partial charge is 0.304 e. The lowest BCUT2D eigenvalue weighted by Crippen LogP contribution is -2.56. The Labute approximate surface area is 169 Å². The summed E-state index contributed by atoms with van der Waals surface area (Å²) in [6.07, 6.45) is 20.6. The Morgan fingerprint density at radius 3 is 2.64 bits per heavy atom. The Morgan fingerprint density at radius 2 is 1.79 bits per heavy atom. The van der Waals surface area contributed by atoms with E-state index in [9.17, 15) is 4.79 Å². The van der Waals surface area contributed by atoms with Gasteiger partial charge in [0.25, 0.3) is 0 Å². The Bertz CT molecular complexity index is 736. The number of nitrogens with two attached hydrogens (primary N) is 1. The van der Waals surface area contributed by atoms with Crippen molar-refractivity contribution in [3.05, 3.63) is 24.3 Å². The number of rotatable bonds is 1. The van der Waals surface area contributed by atoms with Crippen LogP contribution in [0.25, 0.3) is 0 Å². The maximum Gasteiger partial charge on any atom is 0.133 e. The summed E-state index contributed by atoms with van der Waals surface area (Å²) < 4.78 is 0. The Kier molecular flexibility index (Phi) is 4.29. The molecule has 0 bridgehead atoms. The molecule has 3 heteroatoms. The number of hydrogen-bond acceptors (Lipinski definition) is 3. The molecule has 0 amide bonds. The summed E-state index contributed by atoms with van der Waals surface area (Å²) in [7, 11) is 0. The second-order valence-corrected chi connectivity index (χ2v) is 11.0. The first-order valence-corrected chi connectivity index (χ1v) is 11.6. The molecule has 152 valence electrons. The Morgan fingerprint density at radius 1 is 0.964 bits per heavy atom. The van der Waals surface area contributed by atoms with E-state index in [0.29, 0.717) is 23.0 Å². The van der Waals surface area contributed by atoms with E-state index in [-0.39, 0.29) is 5.41 Å². The lowest BCUT2D eigenvalue weighted by molar-refractivity contribution is -0.140. The highest BCUT2D eigenvalue weighted by molar-refractivity contribution is 5.79. The molecule has 1 heterocycles. The van der Waals surface area contributed by atoms with E-state index in [2.05, 4.69) is 26.0 Å². The molecule has 0 aromatic rings. The van der Waals surface area contributed by atoms with Crippen LogP contribution in [0.1, 0.15) is 71.6 Å². The number of nitrogens with zero attached hydrogens (tertiary/aromatic N) is 1. The van der Waals surface area contributed by atoms with E-state index in [4.69, 9.17) is 10.7 Å². The fourth-order valence-electron chi connectivity index (χ4n) is 8.55. The minimum absolute atomic E-state index is 0.287. The molecular weight excluding hydrogens is 344 g/mol. The number of allylic oxidation sites excluding steroid dienone is 3. The van der Waals surface area contributed by atoms with Gasteiger partial charge in [-0.1, -0.05) is 26.0 Å². The average molecular weight is 381 g/mol. The minimum Gasteiger partial charge on any atom is -0.304 e. The van der Waals surface area contributed by atoms with Crippen LogP contribution >= 0.6 is 0 Å². The van der Waals surface area contributed by atoms with Crippen molar-refractivity contribution in [2.24, 2.45) is 51.1 Å². The summed E-state index contributed by atoms with van der Waals surface area (Å²) in [6, 6.07) is 0. The lowest BCUT2D eigenvalue weighted by Gasteiger charge is -2.60. The number of ketones is 1. The molecule has 4 fully saturated rings. The van der Waals surface area contributed by atoms with Crippen LogP contribution in [-0.4, -0.2) is 17.7 Å². The topological polar surface area (TPSA) is 55.5 Å². The lowest BCUT2D eigenvalue weighted by atomic mass is 9.44. The van der Waals surface area contributed by atoms with Gasteiger partial charge >= 0.3 is 0 Å². The average Bonchev–Trinajstić information content (AvgIpc) is 2.88. The Balaban J connectivity index is 1.44. The van der Waals surface area contributed by atoms with Crippen molar-refractivity contribution in [2.75, 3.05) is 0 Å². The molecule has 5 rings (SSSR count). The van der Waals surface area contributed by atoms with Crippen LogP contribution < -0.4 is 5.73 Å². The van der Waals surface area contributed by atoms with Gasteiger partial charge in [-0.2, -0.15) is 0 Å². The van der Waals surface area contributed by atoms with Crippen molar-refractivity contribution in [2.45, 2.75) is 77.3 Å². The maximum absolute atomic E-state index is 12.1. The summed E-state index contributed by atoms with van der Waals surface area (Å²) in [6.45, 7) is 5.06. The van der Waals surface area contributed by atoms with Gasteiger partial charge in [-0.3, -0.25) is 9.79 Å². The van der Waals surface area contributed by atoms with Crippen LogP contribution in [0.2, 0.25) is 0 Å². The van der Waals surface area contributed by atoms with Gasteiger partial charge in [0.05, 0.1) is 0 Å². The first-order valence-electron chi connectivity index (χ1n) is 11.6. The molecule has 1 aliphatic heterocycles. The third kappa shape index (κ3) is 2.57. The van der Waals surface area contributed by atoms with Crippen molar-refractivity contribution < 1.29 is 4.79 Å². The molecule has 8 atom stereocenters. The van der Waals surface area contributed by atoms with Gasteiger partial charge in [-0.15, -0.1) is 0 Å². The number of hydrogen-bond donors (Lipinski definition) is 1. The number of carbonyl (C=O) groups excluding carboxylic acids is 1. The fourth-order valence-corrected chi connectivity index (χ4v) is 8.55. The minimum atomic E-state index is -0.557. The molecule has 4 saturated carbocycles. The third-order valence-electron chi connectivity index (χ3n) is 10.0. The summed E-state index contributed by atoms with van der Waals surface area (Å²) in [4.78, 5) is 16.9. The van der Waals surface area contributed by atoms with E-state index >= 15 is 0 Å². The molecule has 0 aromatic heterocycles. The van der Waals surface area contributed by atoms with Crippen molar-refractivity contribution in [3.63, 3.8) is 0 Å². The van der Waals surface area contributed by atoms with Crippen molar-refractivity contribution in [1.82, 2.24) is 0 Å². The van der Waals surface area contributed by atoms with Gasteiger partial charge in [-0.05, 0) is 91.6 Å². The highest BCUT2D eigenvalue weighted by Crippen LogP contribution is 2.68. The summed E-state index contributed by atoms with van der Waals surface area (Å²) >= 11 is 0. The zero-order chi connectivity index (χ0) is 19.6. The summed E-state index contributed by atoms with van der Waals surface area (Å²) in [5.41, 5.74) is 7.03. The molecule has 2 N–H and O–H groups in total. The summed E-state index contributed by atoms with van der Waals surface area (Å²) in [5, 5.41) is 0. The molecule has 0 radical (unpaired) electrons. The third-order valence-corrected chi connectivity index (χ3v) is 10.0. The second kappa shape index (κ2) is 6.39. The zero-order valence-electron chi connectivity index (χ0n) is 17.6. The van der Waals surface area contributed by atoms with E-state index in [1.807, 2.05) is 18.4 Å². The molecule has 0 saturated heterocycles. The highest BCUT2D eigenvalue weighted by atomic mass is 16.1. The monoisotopic (exact) mass is 380 g/mol. The predicted molar refractivity (Wildman–Crippen MR) is 114 cm³/mol. The van der Waals surface area contributed by atoms with Crippen LogP contribution in [0.15, 0.2) is 29.3 Å². The molecule has 0 aromatic carbocycles. The van der Waals surface area contributed by atoms with Crippen LogP contribution in [0.4, 0.5) is 0 Å². The number of carbonyl (C=O) groups is 1. The molecule has 4 aliphatic carbocycles. The summed E-state index contributed by atoms with van der Waals surface area (Å²) in [5.74, 6) is 3.97. The van der Waals surface area contributed by atoms with Crippen molar-refractivity contribution in [3.8, 4) is 0 Å². The van der Waals surface area contributed by atoms with Crippen molar-refractivity contribution >= 4 is 12.0 Å². The van der Waals surface area contributed by atoms with Crippen molar-refractivity contribution in [1.29, 1.82) is 0 Å². The molecule has 0 spiro atoms. The predicted octanol–water partition coefficient (Wildman–Crippen LogP) is 5.07. The van der Waals surface area contributed by atoms with Crippen LogP contribution in [0.3, 0.4) is 0 Å². The van der Waals surface area contributed by atoms with E-state index in [0.717, 1.165) is 37.0 Å². The SMILES string of the molecule is C[C@]12CCC(=O)CC1CC[C@@H]1[C@@H]2CC[C@]2(C)C(C3(N)C=CC=CC=N3)CC[C@@H]12. The maximum atomic E-state index is 12.1. The number of aliphatic imine (C=N–C) groups is 1. The highest BCUT2D eigenvalue weighted by Gasteiger charge is 2.62. The van der Waals surface area contributed by atoms with E-state index in [1.54, 1.807) is 0 Å². The van der Waals surface area contributed by atoms with Gasteiger partial charge in [0, 0.05) is 25.0 Å². The van der Waals surface area contributed by atoms with Crippen LogP contribution in [0.5, 0.6) is 0 Å². The quantitative estimate of drug-likeness (QED) is 0.691. The van der Waals surface area contributed by atoms with Crippen LogP contribution in [-0.2, 0) is 4.79 Å². The first kappa shape index (κ1) is 18.8. The van der Waals surface area contributed by atoms with Crippen LogP contribution in [0, 0.1) is 40.4 Å². The molecule has 5 aliphatic rings. The number of Topliss-reactive ketones (excluding diaryl/α,β-unsaturated/α-hetero) is 1. The molecule has 28 heavy (non-hydrogen) atoms. The van der Waals surface area contributed by atoms with E-state index in [1.165, 1.54) is 38.5 Å². The van der Waals surface area contributed by atoms with Gasteiger partial charge < -0.3 is 5.73 Å². The zero-order valence-corrected chi connectivity index (χ0v) is 17.6. The van der Waals surface area contributed by atoms with Gasteiger partial charge in [0.1, 0.15) is 11.4 Å². The van der Waals surface area contributed by atoms with Gasteiger partial charge in [-0.25, -0.2) is 0 Å². The smallest absolute Gasteiger partial charge is 0.133 e. The normalized spacial score (nSPS) is 52.7. The van der Waals surface area contributed by atoms with Gasteiger partial charge in [0.2, 0.25) is 0 Å². The number of fused-ring (bicyclic) bond motifs is 5. The standard InChI is InChI=1S/C25H36N2O/c1-23-13-10-18(28)16-17(23)6-7-19-20-8-9-22(24(20,2)14-11-21(19)23)25(26)12-4-3-5-15-27-25/h3-5,12,15,17,19-22H,6-11,13-14,16,26H2,1-2H3/t17?,19-,20-,21-,22?,23-,24-,25?/m0/s1. The molecule has 3 nitrogen and oxygen atoms in total. The van der Waals surface area contributed by atoms with E-state index < -0.39 is 5.66 Å². The molecule has 3 unspecified atom stereocenters. The van der Waals surface area contributed by atoms with Gasteiger partial charge in [0.15, 0.2) is 0 Å². The first-order chi connectivity index (χ1) is 13.4. The fraction of sp³-hybridized carbons (Fsp3) is 0.760. The molecular formula is C25H36N2O. The Hall–Kier alpha value is -1.22.